The molecular weight excluding hydrogens is 334 g/mol. The Morgan fingerprint density at radius 3 is 2.71 bits per heavy atom. The van der Waals surface area contributed by atoms with Crippen molar-refractivity contribution in [1.82, 2.24) is 5.32 Å². The fourth-order valence-corrected chi connectivity index (χ4v) is 3.74. The van der Waals surface area contributed by atoms with Gasteiger partial charge in [0, 0.05) is 35.9 Å². The van der Waals surface area contributed by atoms with Crippen LogP contribution in [0, 0.1) is 0 Å². The zero-order valence-electron chi connectivity index (χ0n) is 12.3. The van der Waals surface area contributed by atoms with Crippen LogP contribution in [0.2, 0.25) is 0 Å². The second-order valence-corrected chi connectivity index (χ2v) is 6.38. The van der Waals surface area contributed by atoms with Gasteiger partial charge < -0.3 is 20.3 Å². The van der Waals surface area contributed by atoms with Crippen LogP contribution in [-0.2, 0) is 9.53 Å². The number of likely N-dealkylation sites (N-methyl/N-ethyl adjacent to an activating group) is 1. The van der Waals surface area contributed by atoms with Gasteiger partial charge >= 0.3 is 0 Å². The van der Waals surface area contributed by atoms with Gasteiger partial charge in [0.15, 0.2) is 0 Å². The first-order valence-electron chi connectivity index (χ1n) is 7.23. The summed E-state index contributed by atoms with van der Waals surface area (Å²) in [7, 11) is 3.58. The summed E-state index contributed by atoms with van der Waals surface area (Å²) in [6.07, 6.45) is 2.43. The Labute approximate surface area is 133 Å². The monoisotopic (exact) mass is 353 g/mol. The van der Waals surface area contributed by atoms with Crippen molar-refractivity contribution in [2.24, 2.45) is 0 Å². The quantitative estimate of drug-likeness (QED) is 0.875. The number of hydrogen-bond donors (Lipinski definition) is 2. The van der Waals surface area contributed by atoms with Crippen LogP contribution in [-0.4, -0.2) is 39.3 Å². The number of hydrogen-bond acceptors (Lipinski definition) is 4. The number of nitrogens with one attached hydrogen (secondary N) is 2. The number of carbonyl (C=O) groups excluding carboxylic acids is 1. The maximum absolute atomic E-state index is 11.9. The van der Waals surface area contributed by atoms with Crippen LogP contribution in [0.5, 0.6) is 0 Å². The smallest absolute Gasteiger partial charge is 0.246 e. The molecule has 114 valence electrons. The first-order chi connectivity index (χ1) is 10.1. The molecule has 0 aliphatic carbocycles. The van der Waals surface area contributed by atoms with Gasteiger partial charge in [0.05, 0.1) is 11.8 Å². The summed E-state index contributed by atoms with van der Waals surface area (Å²) in [6, 6.07) is 3.86. The van der Waals surface area contributed by atoms with Crippen LogP contribution < -0.4 is 15.5 Å². The van der Waals surface area contributed by atoms with E-state index < -0.39 is 0 Å². The van der Waals surface area contributed by atoms with Gasteiger partial charge in [0.2, 0.25) is 5.91 Å². The molecule has 2 heterocycles. The third-order valence-electron chi connectivity index (χ3n) is 4.35. The van der Waals surface area contributed by atoms with Crippen molar-refractivity contribution in [3.05, 3.63) is 22.2 Å². The molecule has 0 saturated carbocycles. The standard InChI is InChI=1S/C15H20BrN3O2/c1-17-14-10-7-11(16)13(8-12(10)18-15(14)20)19-5-3-9(21-2)4-6-19/h7-9,14,17H,3-6H2,1-2H3,(H,18,20). The molecule has 1 amide bonds. The molecule has 1 unspecified atom stereocenters. The number of halogens is 1. The summed E-state index contributed by atoms with van der Waals surface area (Å²) in [5.41, 5.74) is 3.05. The minimum absolute atomic E-state index is 0.00893. The molecule has 3 rings (SSSR count). The summed E-state index contributed by atoms with van der Waals surface area (Å²) >= 11 is 3.65. The summed E-state index contributed by atoms with van der Waals surface area (Å²) in [5.74, 6) is 0.00893. The van der Waals surface area contributed by atoms with E-state index in [1.165, 1.54) is 0 Å². The molecule has 1 atom stereocenters. The van der Waals surface area contributed by atoms with E-state index in [-0.39, 0.29) is 11.9 Å². The lowest BCUT2D eigenvalue weighted by atomic mass is 10.0. The van der Waals surface area contributed by atoms with E-state index in [9.17, 15) is 4.79 Å². The van der Waals surface area contributed by atoms with Gasteiger partial charge in [-0.25, -0.2) is 0 Å². The van der Waals surface area contributed by atoms with E-state index in [1.807, 2.05) is 6.07 Å². The number of methoxy groups -OCH3 is 1. The maximum atomic E-state index is 11.9. The van der Waals surface area contributed by atoms with Crippen molar-refractivity contribution in [3.8, 4) is 0 Å². The van der Waals surface area contributed by atoms with Gasteiger partial charge in [-0.2, -0.15) is 0 Å². The molecule has 5 nitrogen and oxygen atoms in total. The second kappa shape index (κ2) is 5.94. The Kier molecular flexibility index (Phi) is 4.19. The number of nitrogens with zero attached hydrogens (tertiary/aromatic N) is 1. The third kappa shape index (κ3) is 2.67. The lowest BCUT2D eigenvalue weighted by Crippen LogP contribution is -2.36. The van der Waals surface area contributed by atoms with Crippen LogP contribution in [0.4, 0.5) is 11.4 Å². The number of carbonyl (C=O) groups is 1. The molecule has 2 aliphatic heterocycles. The molecule has 0 aromatic heterocycles. The number of ether oxygens (including phenoxy) is 1. The molecule has 1 fully saturated rings. The Morgan fingerprint density at radius 2 is 2.10 bits per heavy atom. The van der Waals surface area contributed by atoms with Crippen molar-refractivity contribution < 1.29 is 9.53 Å². The Bertz CT molecular complexity index is 556. The van der Waals surface area contributed by atoms with E-state index in [4.69, 9.17) is 4.74 Å². The molecule has 1 aromatic rings. The molecule has 21 heavy (non-hydrogen) atoms. The lowest BCUT2D eigenvalue weighted by Gasteiger charge is -2.33. The molecule has 0 spiro atoms. The van der Waals surface area contributed by atoms with Crippen molar-refractivity contribution in [3.63, 3.8) is 0 Å². The lowest BCUT2D eigenvalue weighted by molar-refractivity contribution is -0.117. The van der Waals surface area contributed by atoms with Gasteiger partial charge in [-0.1, -0.05) is 0 Å². The zero-order chi connectivity index (χ0) is 15.0. The predicted molar refractivity (Wildman–Crippen MR) is 86.8 cm³/mol. The highest BCUT2D eigenvalue weighted by Crippen LogP contribution is 2.39. The summed E-state index contributed by atoms with van der Waals surface area (Å²) in [5, 5.41) is 6.00. The van der Waals surface area contributed by atoms with Gasteiger partial charge in [0.25, 0.3) is 0 Å². The topological polar surface area (TPSA) is 53.6 Å². The Balaban J connectivity index is 1.86. The highest BCUT2D eigenvalue weighted by molar-refractivity contribution is 9.10. The van der Waals surface area contributed by atoms with Crippen molar-refractivity contribution >= 4 is 33.2 Å². The highest BCUT2D eigenvalue weighted by atomic mass is 79.9. The third-order valence-corrected chi connectivity index (χ3v) is 4.99. The van der Waals surface area contributed by atoms with Crippen LogP contribution in [0.3, 0.4) is 0 Å². The fourth-order valence-electron chi connectivity index (χ4n) is 3.13. The van der Waals surface area contributed by atoms with E-state index in [1.54, 1.807) is 14.2 Å². The van der Waals surface area contributed by atoms with Crippen molar-refractivity contribution in [2.45, 2.75) is 25.0 Å². The number of amides is 1. The number of rotatable bonds is 3. The van der Waals surface area contributed by atoms with E-state index in [0.717, 1.165) is 47.3 Å². The van der Waals surface area contributed by atoms with Crippen LogP contribution in [0.25, 0.3) is 0 Å². The minimum Gasteiger partial charge on any atom is -0.381 e. The molecule has 0 bridgehead atoms. The molecule has 2 aliphatic rings. The maximum Gasteiger partial charge on any atom is 0.246 e. The summed E-state index contributed by atoms with van der Waals surface area (Å²) in [6.45, 7) is 1.94. The normalized spacial score (nSPS) is 22.3. The molecule has 1 saturated heterocycles. The number of benzene rings is 1. The fraction of sp³-hybridized carbons (Fsp3) is 0.533. The number of anilines is 2. The van der Waals surface area contributed by atoms with E-state index in [0.29, 0.717) is 6.10 Å². The van der Waals surface area contributed by atoms with Crippen molar-refractivity contribution in [1.29, 1.82) is 0 Å². The molecule has 1 aromatic carbocycles. The Hall–Kier alpha value is -1.11. The zero-order valence-corrected chi connectivity index (χ0v) is 13.9. The average molecular weight is 354 g/mol. The average Bonchev–Trinajstić information content (AvgIpc) is 2.81. The van der Waals surface area contributed by atoms with Gasteiger partial charge in [0.1, 0.15) is 6.04 Å². The van der Waals surface area contributed by atoms with Crippen LogP contribution in [0.1, 0.15) is 24.4 Å². The molecule has 0 radical (unpaired) electrons. The van der Waals surface area contributed by atoms with E-state index in [2.05, 4.69) is 37.5 Å². The predicted octanol–water partition coefficient (Wildman–Crippen LogP) is 2.28. The van der Waals surface area contributed by atoms with E-state index >= 15 is 0 Å². The minimum atomic E-state index is -0.260. The first-order valence-corrected chi connectivity index (χ1v) is 8.02. The second-order valence-electron chi connectivity index (χ2n) is 5.52. The summed E-state index contributed by atoms with van der Waals surface area (Å²) in [4.78, 5) is 14.3. The SMILES string of the molecule is CNC1C(=O)Nc2cc(N3CCC(OC)CC3)c(Br)cc21. The van der Waals surface area contributed by atoms with Gasteiger partial charge in [-0.05, 0) is 48.0 Å². The number of fused-ring (bicyclic) bond motifs is 1. The van der Waals surface area contributed by atoms with Gasteiger partial charge in [-0.3, -0.25) is 4.79 Å². The van der Waals surface area contributed by atoms with Crippen LogP contribution in [0.15, 0.2) is 16.6 Å². The molecule has 2 N–H and O–H groups in total. The number of piperidine rings is 1. The largest absolute Gasteiger partial charge is 0.381 e. The molecular formula is C15H20BrN3O2. The van der Waals surface area contributed by atoms with Crippen LogP contribution >= 0.6 is 15.9 Å². The molecule has 6 heteroatoms. The Morgan fingerprint density at radius 1 is 1.38 bits per heavy atom. The van der Waals surface area contributed by atoms with Crippen molar-refractivity contribution in [2.75, 3.05) is 37.5 Å². The van der Waals surface area contributed by atoms with Gasteiger partial charge in [-0.15, -0.1) is 0 Å². The highest BCUT2D eigenvalue weighted by Gasteiger charge is 2.31. The first kappa shape index (κ1) is 14.8. The summed E-state index contributed by atoms with van der Waals surface area (Å²) < 4.78 is 6.45.